The molecule has 2 aromatic rings. The molecule has 0 aromatic heterocycles. The molecular weight excluding hydrogens is 370 g/mol. The van der Waals surface area contributed by atoms with Gasteiger partial charge in [-0.05, 0) is 50.1 Å². The number of aryl methyl sites for hydroxylation is 2. The predicted octanol–water partition coefficient (Wildman–Crippen LogP) is 8.58. The number of rotatable bonds is 13. The zero-order valence-electron chi connectivity index (χ0n) is 18.9. The molecule has 0 atom stereocenters. The number of unbranched alkanes of at least 4 members (excludes halogenated alkanes) is 8. The summed E-state index contributed by atoms with van der Waals surface area (Å²) in [6.45, 7) is 6.30. The number of amides is 1. The highest BCUT2D eigenvalue weighted by Gasteiger charge is 2.07. The van der Waals surface area contributed by atoms with Crippen molar-refractivity contribution in [1.82, 2.24) is 0 Å². The number of carbonyl (C=O) groups excluding carboxylic acids is 1. The summed E-state index contributed by atoms with van der Waals surface area (Å²) in [5.74, 6) is 0.0512. The maximum absolute atomic E-state index is 12.4. The van der Waals surface area contributed by atoms with Crippen molar-refractivity contribution in [1.29, 1.82) is 0 Å². The van der Waals surface area contributed by atoms with E-state index in [1.807, 2.05) is 56.3 Å². The van der Waals surface area contributed by atoms with Gasteiger partial charge in [0.05, 0.1) is 11.4 Å². The highest BCUT2D eigenvalue weighted by Crippen LogP contribution is 2.28. The second-order valence-corrected chi connectivity index (χ2v) is 8.18. The van der Waals surface area contributed by atoms with Crippen molar-refractivity contribution in [3.05, 3.63) is 53.6 Å². The van der Waals surface area contributed by atoms with Crippen LogP contribution in [-0.4, -0.2) is 5.91 Å². The van der Waals surface area contributed by atoms with E-state index in [9.17, 15) is 4.79 Å². The van der Waals surface area contributed by atoms with E-state index in [0.29, 0.717) is 12.1 Å². The van der Waals surface area contributed by atoms with Gasteiger partial charge in [-0.2, -0.15) is 5.11 Å². The Morgan fingerprint density at radius 1 is 0.767 bits per heavy atom. The topological polar surface area (TPSA) is 53.8 Å². The molecule has 4 heteroatoms. The average molecular weight is 408 g/mol. The molecule has 1 N–H and O–H groups in total. The van der Waals surface area contributed by atoms with Crippen molar-refractivity contribution in [2.75, 3.05) is 5.32 Å². The molecule has 2 aromatic carbocycles. The van der Waals surface area contributed by atoms with Gasteiger partial charge in [0.2, 0.25) is 5.91 Å². The molecule has 0 spiro atoms. The molecule has 0 saturated carbocycles. The van der Waals surface area contributed by atoms with Crippen LogP contribution < -0.4 is 5.32 Å². The number of nitrogens with one attached hydrogen (secondary N) is 1. The van der Waals surface area contributed by atoms with Crippen LogP contribution in [0.15, 0.2) is 52.7 Å². The number of hydrogen-bond donors (Lipinski definition) is 1. The summed E-state index contributed by atoms with van der Waals surface area (Å²) < 4.78 is 0. The Kier molecular flexibility index (Phi) is 10.8. The summed E-state index contributed by atoms with van der Waals surface area (Å²) in [7, 11) is 0. The second kappa shape index (κ2) is 13.7. The fraction of sp³-hybridized carbons (Fsp3) is 0.500. The zero-order chi connectivity index (χ0) is 21.6. The summed E-state index contributed by atoms with van der Waals surface area (Å²) in [6, 6.07) is 13.7. The minimum Gasteiger partial charge on any atom is -0.324 e. The van der Waals surface area contributed by atoms with E-state index >= 15 is 0 Å². The molecular formula is C26H37N3O. The van der Waals surface area contributed by atoms with E-state index < -0.39 is 0 Å². The molecule has 0 heterocycles. The Labute approximate surface area is 182 Å². The number of nitrogens with zero attached hydrogens (tertiary/aromatic N) is 2. The molecule has 2 rings (SSSR count). The van der Waals surface area contributed by atoms with Gasteiger partial charge in [0.1, 0.15) is 5.69 Å². The molecule has 30 heavy (non-hydrogen) atoms. The molecule has 0 aliphatic carbocycles. The Morgan fingerprint density at radius 2 is 1.37 bits per heavy atom. The van der Waals surface area contributed by atoms with E-state index in [4.69, 9.17) is 0 Å². The van der Waals surface area contributed by atoms with Gasteiger partial charge in [0.25, 0.3) is 0 Å². The van der Waals surface area contributed by atoms with E-state index in [1.165, 1.54) is 50.5 Å². The molecule has 0 aliphatic heterocycles. The number of anilines is 1. The average Bonchev–Trinajstić information content (AvgIpc) is 2.73. The van der Waals surface area contributed by atoms with Gasteiger partial charge in [0, 0.05) is 6.42 Å². The Hall–Kier alpha value is -2.49. The van der Waals surface area contributed by atoms with Gasteiger partial charge in [-0.25, -0.2) is 0 Å². The summed E-state index contributed by atoms with van der Waals surface area (Å²) in [6.07, 6.45) is 11.8. The maximum atomic E-state index is 12.4. The number of azo groups is 1. The second-order valence-electron chi connectivity index (χ2n) is 8.18. The first-order chi connectivity index (χ1) is 14.6. The van der Waals surface area contributed by atoms with Gasteiger partial charge in [-0.3, -0.25) is 4.79 Å². The minimum absolute atomic E-state index is 0.0512. The van der Waals surface area contributed by atoms with Crippen LogP contribution in [0.25, 0.3) is 0 Å². The maximum Gasteiger partial charge on any atom is 0.224 e. The lowest BCUT2D eigenvalue weighted by atomic mass is 10.1. The fourth-order valence-electron chi connectivity index (χ4n) is 3.37. The third-order valence-corrected chi connectivity index (χ3v) is 5.24. The monoisotopic (exact) mass is 407 g/mol. The molecule has 1 amide bonds. The largest absolute Gasteiger partial charge is 0.324 e. The van der Waals surface area contributed by atoms with E-state index in [2.05, 4.69) is 22.5 Å². The molecule has 0 fully saturated rings. The normalized spacial score (nSPS) is 11.2. The predicted molar refractivity (Wildman–Crippen MR) is 127 cm³/mol. The van der Waals surface area contributed by atoms with Crippen molar-refractivity contribution in [3.63, 3.8) is 0 Å². The molecule has 4 nitrogen and oxygen atoms in total. The van der Waals surface area contributed by atoms with E-state index in [0.717, 1.165) is 29.8 Å². The van der Waals surface area contributed by atoms with Crippen LogP contribution in [0.2, 0.25) is 0 Å². The highest BCUT2D eigenvalue weighted by molar-refractivity contribution is 5.93. The summed E-state index contributed by atoms with van der Waals surface area (Å²) in [4.78, 5) is 12.4. The van der Waals surface area contributed by atoms with Crippen LogP contribution in [0.3, 0.4) is 0 Å². The van der Waals surface area contributed by atoms with Crippen LogP contribution in [0.4, 0.5) is 17.1 Å². The van der Waals surface area contributed by atoms with Gasteiger partial charge in [0.15, 0.2) is 0 Å². The number of benzene rings is 2. The van der Waals surface area contributed by atoms with Crippen LogP contribution in [0.5, 0.6) is 0 Å². The fourth-order valence-corrected chi connectivity index (χ4v) is 3.37. The molecule has 0 unspecified atom stereocenters. The first kappa shape index (κ1) is 23.8. The van der Waals surface area contributed by atoms with Crippen LogP contribution >= 0.6 is 0 Å². The lowest BCUT2D eigenvalue weighted by Gasteiger charge is -2.09. The summed E-state index contributed by atoms with van der Waals surface area (Å²) in [5, 5.41) is 11.7. The smallest absolute Gasteiger partial charge is 0.224 e. The minimum atomic E-state index is 0.0512. The van der Waals surface area contributed by atoms with Crippen molar-refractivity contribution >= 4 is 23.0 Å². The van der Waals surface area contributed by atoms with Crippen LogP contribution in [0, 0.1) is 13.8 Å². The van der Waals surface area contributed by atoms with Crippen molar-refractivity contribution in [2.45, 2.75) is 85.0 Å². The SMILES string of the molecule is CCCCCCCCCCCC(=O)Nc1cc(C)ccc1N=Nc1ccc(C)cc1. The zero-order valence-corrected chi connectivity index (χ0v) is 18.9. The number of hydrogen-bond acceptors (Lipinski definition) is 3. The van der Waals surface area contributed by atoms with Gasteiger partial charge >= 0.3 is 0 Å². The molecule has 0 bridgehead atoms. The molecule has 162 valence electrons. The lowest BCUT2D eigenvalue weighted by Crippen LogP contribution is -2.11. The third kappa shape index (κ3) is 9.34. The third-order valence-electron chi connectivity index (χ3n) is 5.24. The molecule has 0 radical (unpaired) electrons. The quantitative estimate of drug-likeness (QED) is 0.262. The standard InChI is InChI=1S/C26H37N3O/c1-4-5-6-7-8-9-10-11-12-13-26(30)27-25-20-22(3)16-19-24(25)29-28-23-17-14-21(2)15-18-23/h14-20H,4-13H2,1-3H3,(H,27,30). The van der Waals surface area contributed by atoms with Crippen molar-refractivity contribution in [3.8, 4) is 0 Å². The first-order valence-corrected chi connectivity index (χ1v) is 11.5. The first-order valence-electron chi connectivity index (χ1n) is 11.5. The van der Waals surface area contributed by atoms with Crippen molar-refractivity contribution in [2.24, 2.45) is 10.2 Å². The number of carbonyl (C=O) groups is 1. The summed E-state index contributed by atoms with van der Waals surface area (Å²) in [5.41, 5.74) is 4.48. The Morgan fingerprint density at radius 3 is 2.03 bits per heavy atom. The molecule has 0 saturated heterocycles. The molecule has 0 aliphatic rings. The van der Waals surface area contributed by atoms with Crippen molar-refractivity contribution < 1.29 is 4.79 Å². The lowest BCUT2D eigenvalue weighted by molar-refractivity contribution is -0.116. The van der Waals surface area contributed by atoms with Gasteiger partial charge in [-0.15, -0.1) is 5.11 Å². The van der Waals surface area contributed by atoms with Crippen LogP contribution in [0.1, 0.15) is 82.3 Å². The van der Waals surface area contributed by atoms with Gasteiger partial charge < -0.3 is 5.32 Å². The van der Waals surface area contributed by atoms with Crippen LogP contribution in [-0.2, 0) is 4.79 Å². The Balaban J connectivity index is 1.79. The van der Waals surface area contributed by atoms with Gasteiger partial charge in [-0.1, -0.05) is 82.1 Å². The Bertz CT molecular complexity index is 796. The summed E-state index contributed by atoms with van der Waals surface area (Å²) >= 11 is 0. The highest BCUT2D eigenvalue weighted by atomic mass is 16.1. The van der Waals surface area contributed by atoms with E-state index in [1.54, 1.807) is 0 Å². The van der Waals surface area contributed by atoms with E-state index in [-0.39, 0.29) is 5.91 Å².